The van der Waals surface area contributed by atoms with Crippen LogP contribution in [0.25, 0.3) is 0 Å². The average Bonchev–Trinajstić information content (AvgIpc) is 2.53. The summed E-state index contributed by atoms with van der Waals surface area (Å²) < 4.78 is 13.6. The highest BCUT2D eigenvalue weighted by Gasteiger charge is 2.21. The molecule has 1 aromatic carbocycles. The molecule has 1 rings (SSSR count). The molecular weight excluding hydrogens is 304 g/mol. The van der Waals surface area contributed by atoms with Crippen LogP contribution in [0.15, 0.2) is 42.5 Å². The quantitative estimate of drug-likeness (QED) is 0.333. The smallest absolute Gasteiger partial charge is 0.354 e. The van der Waals surface area contributed by atoms with Gasteiger partial charge >= 0.3 is 23.9 Å². The van der Waals surface area contributed by atoms with Crippen LogP contribution in [0.2, 0.25) is 0 Å². The van der Waals surface area contributed by atoms with E-state index in [4.69, 9.17) is 4.74 Å². The van der Waals surface area contributed by atoms with Crippen LogP contribution < -0.4 is 0 Å². The molecule has 0 aromatic heterocycles. The van der Waals surface area contributed by atoms with Gasteiger partial charge in [0.2, 0.25) is 0 Å². The lowest BCUT2D eigenvalue weighted by atomic mass is 10.2. The number of hydrogen-bond acceptors (Lipinski definition) is 7. The number of esters is 4. The van der Waals surface area contributed by atoms with Crippen LogP contribution in [0, 0.1) is 0 Å². The maximum atomic E-state index is 11.6. The molecule has 0 bridgehead atoms. The van der Waals surface area contributed by atoms with Gasteiger partial charge in [0.15, 0.2) is 6.10 Å². The van der Waals surface area contributed by atoms with E-state index in [9.17, 15) is 19.2 Å². The fraction of sp³-hybridized carbons (Fsp3) is 0.250. The second kappa shape index (κ2) is 9.14. The molecule has 0 saturated carbocycles. The van der Waals surface area contributed by atoms with E-state index < -0.39 is 30.0 Å². The van der Waals surface area contributed by atoms with Crippen molar-refractivity contribution in [1.82, 2.24) is 0 Å². The first-order chi connectivity index (χ1) is 10.9. The van der Waals surface area contributed by atoms with Crippen molar-refractivity contribution in [2.24, 2.45) is 0 Å². The minimum Gasteiger partial charge on any atom is -0.466 e. The van der Waals surface area contributed by atoms with E-state index in [1.54, 1.807) is 30.3 Å². The first-order valence-corrected chi connectivity index (χ1v) is 6.67. The molecule has 1 atom stereocenters. The summed E-state index contributed by atoms with van der Waals surface area (Å²) in [5.74, 6) is -3.43. The van der Waals surface area contributed by atoms with Gasteiger partial charge in [-0.3, -0.25) is 4.79 Å². The Hall–Kier alpha value is -2.96. The van der Waals surface area contributed by atoms with Crippen molar-refractivity contribution >= 4 is 23.9 Å². The molecule has 0 fully saturated rings. The van der Waals surface area contributed by atoms with Crippen molar-refractivity contribution in [3.63, 3.8) is 0 Å². The Kier molecular flexibility index (Phi) is 7.19. The summed E-state index contributed by atoms with van der Waals surface area (Å²) in [6, 6.07) is 8.73. The van der Waals surface area contributed by atoms with E-state index in [0.29, 0.717) is 5.56 Å². The van der Waals surface area contributed by atoms with Crippen molar-refractivity contribution in [3.8, 4) is 0 Å². The van der Waals surface area contributed by atoms with Crippen LogP contribution in [0.5, 0.6) is 0 Å². The van der Waals surface area contributed by atoms with Crippen molar-refractivity contribution in [3.05, 3.63) is 48.0 Å². The summed E-state index contributed by atoms with van der Waals surface area (Å²) in [4.78, 5) is 45.4. The highest BCUT2D eigenvalue weighted by atomic mass is 16.6. The van der Waals surface area contributed by atoms with E-state index in [2.05, 4.69) is 9.47 Å². The third-order valence-corrected chi connectivity index (χ3v) is 2.59. The summed E-state index contributed by atoms with van der Waals surface area (Å²) >= 11 is 0. The highest BCUT2D eigenvalue weighted by Crippen LogP contribution is 2.03. The zero-order valence-electron chi connectivity index (χ0n) is 12.7. The minimum absolute atomic E-state index is 0.0739. The lowest BCUT2D eigenvalue weighted by Crippen LogP contribution is -2.28. The normalized spacial score (nSPS) is 11.6. The Morgan fingerprint density at radius 2 is 1.65 bits per heavy atom. The fourth-order valence-electron chi connectivity index (χ4n) is 1.46. The molecule has 23 heavy (non-hydrogen) atoms. The Bertz CT molecular complexity index is 604. The number of benzene rings is 1. The largest absolute Gasteiger partial charge is 0.466 e. The van der Waals surface area contributed by atoms with Gasteiger partial charge in [-0.15, -0.1) is 0 Å². The Labute approximate surface area is 132 Å². The van der Waals surface area contributed by atoms with Gasteiger partial charge in [0.05, 0.1) is 13.5 Å². The number of carbonyl (C=O) groups excluding carboxylic acids is 4. The van der Waals surface area contributed by atoms with Crippen molar-refractivity contribution in [2.45, 2.75) is 19.4 Å². The molecule has 7 heteroatoms. The highest BCUT2D eigenvalue weighted by molar-refractivity contribution is 5.94. The van der Waals surface area contributed by atoms with Gasteiger partial charge in [0.1, 0.15) is 0 Å². The summed E-state index contributed by atoms with van der Waals surface area (Å²) in [7, 11) is 1.15. The molecule has 1 unspecified atom stereocenters. The second-order valence-corrected chi connectivity index (χ2v) is 4.39. The fourth-order valence-corrected chi connectivity index (χ4v) is 1.46. The van der Waals surface area contributed by atoms with Crippen LogP contribution in [-0.2, 0) is 39.8 Å². The molecular formula is C16H16O7. The number of methoxy groups -OCH3 is 1. The average molecular weight is 320 g/mol. The zero-order valence-corrected chi connectivity index (χ0v) is 12.7. The standard InChI is InChI=1S/C16H16O7/c1-11(22-14(18)9-8-13(17)21-2)16(20)23-15(19)10-12-6-4-3-5-7-12/h3-9,11H,10H2,1-2H3/b9-8+. The molecule has 7 nitrogen and oxygen atoms in total. The number of rotatable bonds is 6. The van der Waals surface area contributed by atoms with Gasteiger partial charge < -0.3 is 14.2 Å². The predicted octanol–water partition coefficient (Wildman–Crippen LogP) is 0.960. The molecule has 0 aliphatic carbocycles. The molecule has 0 N–H and O–H groups in total. The summed E-state index contributed by atoms with van der Waals surface area (Å²) in [5.41, 5.74) is 0.691. The molecule has 0 saturated heterocycles. The van der Waals surface area contributed by atoms with Gasteiger partial charge in [0.25, 0.3) is 0 Å². The van der Waals surface area contributed by atoms with Crippen LogP contribution >= 0.6 is 0 Å². The lowest BCUT2D eigenvalue weighted by molar-refractivity contribution is -0.171. The molecule has 0 aliphatic rings. The molecule has 1 aromatic rings. The summed E-state index contributed by atoms with van der Waals surface area (Å²) in [5, 5.41) is 0. The monoisotopic (exact) mass is 320 g/mol. The van der Waals surface area contributed by atoms with E-state index >= 15 is 0 Å². The first kappa shape index (κ1) is 18.1. The summed E-state index contributed by atoms with van der Waals surface area (Å²) in [6.07, 6.45) is 0.294. The van der Waals surface area contributed by atoms with Gasteiger partial charge in [0, 0.05) is 12.2 Å². The summed E-state index contributed by atoms with van der Waals surface area (Å²) in [6.45, 7) is 1.25. The van der Waals surface area contributed by atoms with Crippen LogP contribution in [0.1, 0.15) is 12.5 Å². The molecule has 0 heterocycles. The Morgan fingerprint density at radius 1 is 1.04 bits per heavy atom. The van der Waals surface area contributed by atoms with Crippen molar-refractivity contribution < 1.29 is 33.4 Å². The maximum Gasteiger partial charge on any atom is 0.354 e. The number of ether oxygens (including phenoxy) is 3. The van der Waals surface area contributed by atoms with Gasteiger partial charge in [-0.2, -0.15) is 0 Å². The van der Waals surface area contributed by atoms with Gasteiger partial charge in [-0.05, 0) is 12.5 Å². The second-order valence-electron chi connectivity index (χ2n) is 4.39. The number of hydrogen-bond donors (Lipinski definition) is 0. The van der Waals surface area contributed by atoms with Crippen molar-refractivity contribution in [1.29, 1.82) is 0 Å². The topological polar surface area (TPSA) is 96.0 Å². The first-order valence-electron chi connectivity index (χ1n) is 6.67. The van der Waals surface area contributed by atoms with E-state index in [1.807, 2.05) is 0 Å². The Morgan fingerprint density at radius 3 is 2.26 bits per heavy atom. The van der Waals surface area contributed by atoms with E-state index in [0.717, 1.165) is 19.3 Å². The Balaban J connectivity index is 2.44. The SMILES string of the molecule is COC(=O)/C=C/C(=O)OC(C)C(=O)OC(=O)Cc1ccccc1. The van der Waals surface area contributed by atoms with Gasteiger partial charge in [-0.1, -0.05) is 30.3 Å². The zero-order chi connectivity index (χ0) is 17.2. The lowest BCUT2D eigenvalue weighted by Gasteiger charge is -2.10. The van der Waals surface area contributed by atoms with Crippen LogP contribution in [0.4, 0.5) is 0 Å². The predicted molar refractivity (Wildman–Crippen MR) is 78.0 cm³/mol. The molecule has 0 radical (unpaired) electrons. The van der Waals surface area contributed by atoms with Crippen LogP contribution in [-0.4, -0.2) is 37.1 Å². The molecule has 0 spiro atoms. The minimum atomic E-state index is -1.29. The van der Waals surface area contributed by atoms with E-state index in [-0.39, 0.29) is 6.42 Å². The van der Waals surface area contributed by atoms with Crippen molar-refractivity contribution in [2.75, 3.05) is 7.11 Å². The van der Waals surface area contributed by atoms with Crippen LogP contribution in [0.3, 0.4) is 0 Å². The van der Waals surface area contributed by atoms with E-state index in [1.165, 1.54) is 6.92 Å². The molecule has 122 valence electrons. The number of carbonyl (C=O) groups is 4. The third-order valence-electron chi connectivity index (χ3n) is 2.59. The van der Waals surface area contributed by atoms with Gasteiger partial charge in [-0.25, -0.2) is 14.4 Å². The third kappa shape index (κ3) is 7.03. The molecule has 0 aliphatic heterocycles. The molecule has 0 amide bonds. The maximum absolute atomic E-state index is 11.6.